The largest absolute Gasteiger partial charge is 0.486 e. The Morgan fingerprint density at radius 3 is 2.86 bits per heavy atom. The number of ether oxygens (including phenoxy) is 2. The van der Waals surface area contributed by atoms with Gasteiger partial charge < -0.3 is 14.6 Å². The number of aliphatic carboxylic acids is 1. The van der Waals surface area contributed by atoms with Crippen molar-refractivity contribution in [3.8, 4) is 11.5 Å². The number of nitrogens with zero attached hydrogens (tertiary/aromatic N) is 1. The van der Waals surface area contributed by atoms with E-state index in [4.69, 9.17) is 14.6 Å². The predicted molar refractivity (Wildman–Crippen MR) is 78.4 cm³/mol. The van der Waals surface area contributed by atoms with Crippen LogP contribution in [0.25, 0.3) is 0 Å². The van der Waals surface area contributed by atoms with Gasteiger partial charge in [0.15, 0.2) is 11.5 Å². The van der Waals surface area contributed by atoms with Crippen molar-refractivity contribution < 1.29 is 19.4 Å². The number of carboxylic acid groups (broad SMARTS) is 1. The first kappa shape index (κ1) is 13.9. The molecule has 0 amide bonds. The maximum Gasteiger partial charge on any atom is 0.308 e. The van der Waals surface area contributed by atoms with Gasteiger partial charge in [0, 0.05) is 11.3 Å². The number of fused-ring (bicyclic) bond motifs is 1. The van der Waals surface area contributed by atoms with E-state index in [2.05, 4.69) is 4.98 Å². The lowest BCUT2D eigenvalue weighted by molar-refractivity contribution is -0.136. The summed E-state index contributed by atoms with van der Waals surface area (Å²) in [5.41, 5.74) is 1.88. The smallest absolute Gasteiger partial charge is 0.308 e. The lowest BCUT2D eigenvalue weighted by Crippen LogP contribution is -2.15. The van der Waals surface area contributed by atoms with Crippen LogP contribution in [-0.4, -0.2) is 29.3 Å². The summed E-state index contributed by atoms with van der Waals surface area (Å²) in [5.74, 6) is 0.706. The molecule has 0 spiro atoms. The van der Waals surface area contributed by atoms with Gasteiger partial charge in [-0.1, -0.05) is 6.07 Å². The van der Waals surface area contributed by atoms with Gasteiger partial charge in [0.2, 0.25) is 0 Å². The highest BCUT2D eigenvalue weighted by Gasteiger charge is 2.14. The second-order valence-electron chi connectivity index (χ2n) is 4.84. The van der Waals surface area contributed by atoms with Crippen molar-refractivity contribution in [2.24, 2.45) is 0 Å². The summed E-state index contributed by atoms with van der Waals surface area (Å²) in [5, 5.41) is 9.79. The number of thiazole rings is 1. The first-order chi connectivity index (χ1) is 10.1. The monoisotopic (exact) mass is 305 g/mol. The summed E-state index contributed by atoms with van der Waals surface area (Å²) in [6.07, 6.45) is 0.701. The Hall–Kier alpha value is -2.08. The summed E-state index contributed by atoms with van der Waals surface area (Å²) < 4.78 is 11.1. The average Bonchev–Trinajstić information content (AvgIpc) is 2.78. The van der Waals surface area contributed by atoms with Crippen LogP contribution < -0.4 is 9.47 Å². The number of carbonyl (C=O) groups is 1. The SMILES string of the molecule is Cc1nc(Cc2ccc3c(c2)OCCO3)sc1CC(=O)O. The molecule has 0 unspecified atom stereocenters. The van der Waals surface area contributed by atoms with Crippen LogP contribution in [0.3, 0.4) is 0 Å². The minimum absolute atomic E-state index is 0.0324. The van der Waals surface area contributed by atoms with Crippen molar-refractivity contribution in [2.75, 3.05) is 13.2 Å². The zero-order chi connectivity index (χ0) is 14.8. The Bertz CT molecular complexity index is 680. The van der Waals surface area contributed by atoms with E-state index in [0.29, 0.717) is 19.6 Å². The third-order valence-electron chi connectivity index (χ3n) is 3.21. The minimum atomic E-state index is -0.826. The molecule has 1 N–H and O–H groups in total. The summed E-state index contributed by atoms with van der Waals surface area (Å²) in [6, 6.07) is 5.85. The third-order valence-corrected chi connectivity index (χ3v) is 4.37. The van der Waals surface area contributed by atoms with Gasteiger partial charge in [0.05, 0.1) is 17.1 Å². The Morgan fingerprint density at radius 2 is 2.10 bits per heavy atom. The molecule has 6 heteroatoms. The molecule has 110 valence electrons. The molecule has 0 bridgehead atoms. The maximum absolute atomic E-state index is 10.8. The van der Waals surface area contributed by atoms with Gasteiger partial charge in [0.25, 0.3) is 0 Å². The van der Waals surface area contributed by atoms with Gasteiger partial charge in [-0.2, -0.15) is 0 Å². The van der Waals surface area contributed by atoms with Crippen LogP contribution in [0.5, 0.6) is 11.5 Å². The summed E-state index contributed by atoms with van der Waals surface area (Å²) >= 11 is 1.46. The van der Waals surface area contributed by atoms with E-state index in [9.17, 15) is 4.79 Å². The quantitative estimate of drug-likeness (QED) is 0.939. The number of rotatable bonds is 4. The van der Waals surface area contributed by atoms with E-state index in [1.54, 1.807) is 0 Å². The molecule has 1 aromatic carbocycles. The van der Waals surface area contributed by atoms with E-state index in [0.717, 1.165) is 32.6 Å². The van der Waals surface area contributed by atoms with Crippen LogP contribution in [0.15, 0.2) is 18.2 Å². The van der Waals surface area contributed by atoms with Crippen LogP contribution in [0.1, 0.15) is 21.1 Å². The number of benzene rings is 1. The molecule has 3 rings (SSSR count). The van der Waals surface area contributed by atoms with E-state index < -0.39 is 5.97 Å². The van der Waals surface area contributed by atoms with Gasteiger partial charge in [-0.15, -0.1) is 11.3 Å². The fourth-order valence-corrected chi connectivity index (χ4v) is 3.33. The molecule has 21 heavy (non-hydrogen) atoms. The van der Waals surface area contributed by atoms with Crippen LogP contribution in [0.2, 0.25) is 0 Å². The molecular weight excluding hydrogens is 290 g/mol. The van der Waals surface area contributed by atoms with Crippen LogP contribution in [0.4, 0.5) is 0 Å². The zero-order valence-electron chi connectivity index (χ0n) is 11.6. The van der Waals surface area contributed by atoms with Crippen molar-refractivity contribution in [2.45, 2.75) is 19.8 Å². The molecule has 0 saturated heterocycles. The van der Waals surface area contributed by atoms with Gasteiger partial charge >= 0.3 is 5.97 Å². The van der Waals surface area contributed by atoms with E-state index >= 15 is 0 Å². The lowest BCUT2D eigenvalue weighted by atomic mass is 10.1. The highest BCUT2D eigenvalue weighted by molar-refractivity contribution is 7.11. The van der Waals surface area contributed by atoms with E-state index in [-0.39, 0.29) is 6.42 Å². The lowest BCUT2D eigenvalue weighted by Gasteiger charge is -2.18. The highest BCUT2D eigenvalue weighted by atomic mass is 32.1. The summed E-state index contributed by atoms with van der Waals surface area (Å²) in [6.45, 7) is 2.99. The molecule has 0 atom stereocenters. The first-order valence-corrected chi connectivity index (χ1v) is 7.49. The number of carboxylic acids is 1. The second kappa shape index (κ2) is 5.73. The Labute approximate surface area is 126 Å². The molecule has 0 saturated carbocycles. The van der Waals surface area contributed by atoms with Gasteiger partial charge in [0.1, 0.15) is 13.2 Å². The number of hydrogen-bond donors (Lipinski definition) is 1. The van der Waals surface area contributed by atoms with Gasteiger partial charge in [-0.25, -0.2) is 4.98 Å². The van der Waals surface area contributed by atoms with Crippen molar-refractivity contribution in [1.29, 1.82) is 0 Å². The first-order valence-electron chi connectivity index (χ1n) is 6.67. The molecule has 2 heterocycles. The Kier molecular flexibility index (Phi) is 3.79. The highest BCUT2D eigenvalue weighted by Crippen LogP contribution is 2.32. The van der Waals surface area contributed by atoms with Gasteiger partial charge in [-0.05, 0) is 24.6 Å². The van der Waals surface area contributed by atoms with E-state index in [1.165, 1.54) is 11.3 Å². The zero-order valence-corrected chi connectivity index (χ0v) is 12.4. The van der Waals surface area contributed by atoms with E-state index in [1.807, 2.05) is 25.1 Å². The molecule has 1 aliphatic rings. The fourth-order valence-electron chi connectivity index (χ4n) is 2.24. The average molecular weight is 305 g/mol. The maximum atomic E-state index is 10.8. The van der Waals surface area contributed by atoms with Crippen molar-refractivity contribution >= 4 is 17.3 Å². The molecule has 5 nitrogen and oxygen atoms in total. The molecule has 0 radical (unpaired) electrons. The number of aryl methyl sites for hydroxylation is 1. The summed E-state index contributed by atoms with van der Waals surface area (Å²) in [7, 11) is 0. The van der Waals surface area contributed by atoms with Crippen LogP contribution >= 0.6 is 11.3 Å². The van der Waals surface area contributed by atoms with Crippen LogP contribution in [-0.2, 0) is 17.6 Å². The fraction of sp³-hybridized carbons (Fsp3) is 0.333. The van der Waals surface area contributed by atoms with Crippen molar-refractivity contribution in [3.05, 3.63) is 39.3 Å². The molecular formula is C15H15NO4S. The molecule has 1 aliphatic heterocycles. The standard InChI is InChI=1S/C15H15NO4S/c1-9-13(8-15(17)18)21-14(16-9)7-10-2-3-11-12(6-10)20-5-4-19-11/h2-3,6H,4-5,7-8H2,1H3,(H,17,18). The van der Waals surface area contributed by atoms with Gasteiger partial charge in [-0.3, -0.25) is 4.79 Å². The number of hydrogen-bond acceptors (Lipinski definition) is 5. The molecule has 0 fully saturated rings. The normalized spacial score (nSPS) is 13.2. The Morgan fingerprint density at radius 1 is 1.33 bits per heavy atom. The molecule has 2 aromatic rings. The van der Waals surface area contributed by atoms with Crippen LogP contribution in [0, 0.1) is 6.92 Å². The molecule has 0 aliphatic carbocycles. The minimum Gasteiger partial charge on any atom is -0.486 e. The van der Waals surface area contributed by atoms with Crippen molar-refractivity contribution in [3.63, 3.8) is 0 Å². The molecule has 1 aromatic heterocycles. The predicted octanol–water partition coefficient (Wildman–Crippen LogP) is 2.44. The Balaban J connectivity index is 1.78. The third kappa shape index (κ3) is 3.16. The second-order valence-corrected chi connectivity index (χ2v) is 6.01. The van der Waals surface area contributed by atoms with Crippen molar-refractivity contribution in [1.82, 2.24) is 4.98 Å². The topological polar surface area (TPSA) is 68.7 Å². The summed E-state index contributed by atoms with van der Waals surface area (Å²) in [4.78, 5) is 16.1. The number of aromatic nitrogens is 1.